The minimum absolute atomic E-state index is 0.0209. The van der Waals surface area contributed by atoms with E-state index in [9.17, 15) is 5.11 Å². The average Bonchev–Trinajstić information content (AvgIpc) is 2.14. The van der Waals surface area contributed by atoms with Crippen molar-refractivity contribution in [2.24, 2.45) is 17.8 Å². The highest BCUT2D eigenvalue weighted by Crippen LogP contribution is 2.36. The van der Waals surface area contributed by atoms with Crippen molar-refractivity contribution in [3.05, 3.63) is 0 Å². The minimum atomic E-state index is -0.0209. The Kier molecular flexibility index (Phi) is 2.35. The second-order valence-corrected chi connectivity index (χ2v) is 3.91. The molecule has 0 unspecified atom stereocenters. The van der Waals surface area contributed by atoms with Gasteiger partial charge in [-0.25, -0.2) is 0 Å². The van der Waals surface area contributed by atoms with Gasteiger partial charge in [0.25, 0.3) is 0 Å². The highest BCUT2D eigenvalue weighted by atomic mass is 16.3. The molecule has 1 nitrogen and oxygen atoms in total. The Morgan fingerprint density at radius 1 is 1.30 bits per heavy atom. The molecule has 0 radical (unpaired) electrons. The zero-order valence-electron chi connectivity index (χ0n) is 7.17. The number of rotatable bonds is 1. The smallest absolute Gasteiger partial charge is 0.0568 e. The molecule has 0 aromatic rings. The van der Waals surface area contributed by atoms with Crippen LogP contribution in [0.5, 0.6) is 0 Å². The molecule has 0 spiro atoms. The summed E-state index contributed by atoms with van der Waals surface area (Å²) in [6.45, 7) is 6.67. The summed E-state index contributed by atoms with van der Waals surface area (Å²) >= 11 is 0. The number of aliphatic hydroxyl groups is 1. The molecule has 0 aliphatic heterocycles. The van der Waals surface area contributed by atoms with Crippen molar-refractivity contribution in [2.75, 3.05) is 0 Å². The molecule has 0 aromatic carbocycles. The van der Waals surface area contributed by atoms with E-state index < -0.39 is 0 Å². The highest BCUT2D eigenvalue weighted by Gasteiger charge is 2.32. The van der Waals surface area contributed by atoms with Gasteiger partial charge in [0.1, 0.15) is 0 Å². The molecule has 60 valence electrons. The Balaban J connectivity index is 2.49. The fourth-order valence-corrected chi connectivity index (χ4v) is 2.11. The Hall–Kier alpha value is -0.0400. The molecule has 0 bridgehead atoms. The van der Waals surface area contributed by atoms with Crippen LogP contribution in [0.2, 0.25) is 0 Å². The summed E-state index contributed by atoms with van der Waals surface area (Å²) in [7, 11) is 0. The van der Waals surface area contributed by atoms with Crippen LogP contribution < -0.4 is 0 Å². The second kappa shape index (κ2) is 2.91. The molecule has 3 atom stereocenters. The van der Waals surface area contributed by atoms with Gasteiger partial charge in [0, 0.05) is 0 Å². The number of aliphatic hydroxyl groups excluding tert-OH is 1. The summed E-state index contributed by atoms with van der Waals surface area (Å²) in [4.78, 5) is 0. The molecule has 0 heterocycles. The Morgan fingerprint density at radius 3 is 2.10 bits per heavy atom. The summed E-state index contributed by atoms with van der Waals surface area (Å²) in [5.41, 5.74) is 0. The van der Waals surface area contributed by atoms with E-state index in [0.29, 0.717) is 5.92 Å². The van der Waals surface area contributed by atoms with Crippen molar-refractivity contribution >= 4 is 0 Å². The lowest BCUT2D eigenvalue weighted by atomic mass is 9.87. The van der Waals surface area contributed by atoms with E-state index in [0.717, 1.165) is 18.3 Å². The predicted octanol–water partition coefficient (Wildman–Crippen LogP) is 2.05. The van der Waals surface area contributed by atoms with E-state index in [4.69, 9.17) is 0 Å². The standard InChI is InChI=1S/C9H18O/c1-6(2)8-4-5-9(10)7(8)3/h6-10H,4-5H2,1-3H3/t7-,8-,9+/m1/s1. The van der Waals surface area contributed by atoms with Crippen molar-refractivity contribution < 1.29 is 5.11 Å². The third-order valence-corrected chi connectivity index (χ3v) is 2.93. The van der Waals surface area contributed by atoms with Crippen LogP contribution in [-0.4, -0.2) is 11.2 Å². The van der Waals surface area contributed by atoms with E-state index >= 15 is 0 Å². The van der Waals surface area contributed by atoms with Crippen molar-refractivity contribution in [3.63, 3.8) is 0 Å². The van der Waals surface area contributed by atoms with Gasteiger partial charge in [0.05, 0.1) is 6.10 Å². The lowest BCUT2D eigenvalue weighted by Gasteiger charge is -2.20. The maximum Gasteiger partial charge on any atom is 0.0568 e. The first-order valence-electron chi connectivity index (χ1n) is 4.31. The van der Waals surface area contributed by atoms with Gasteiger partial charge in [0.2, 0.25) is 0 Å². The third-order valence-electron chi connectivity index (χ3n) is 2.93. The lowest BCUT2D eigenvalue weighted by Crippen LogP contribution is -2.18. The minimum Gasteiger partial charge on any atom is -0.393 e. The molecule has 1 aliphatic carbocycles. The van der Waals surface area contributed by atoms with Crippen molar-refractivity contribution in [2.45, 2.75) is 39.7 Å². The average molecular weight is 142 g/mol. The van der Waals surface area contributed by atoms with Gasteiger partial charge >= 0.3 is 0 Å². The topological polar surface area (TPSA) is 20.2 Å². The van der Waals surface area contributed by atoms with Crippen LogP contribution >= 0.6 is 0 Å². The summed E-state index contributed by atoms with van der Waals surface area (Å²) < 4.78 is 0. The van der Waals surface area contributed by atoms with Gasteiger partial charge in [-0.15, -0.1) is 0 Å². The maximum absolute atomic E-state index is 9.42. The van der Waals surface area contributed by atoms with Crippen LogP contribution in [-0.2, 0) is 0 Å². The van der Waals surface area contributed by atoms with Crippen LogP contribution in [0.1, 0.15) is 33.6 Å². The van der Waals surface area contributed by atoms with E-state index in [1.54, 1.807) is 0 Å². The molecule has 0 amide bonds. The van der Waals surface area contributed by atoms with Crippen molar-refractivity contribution in [3.8, 4) is 0 Å². The molecular formula is C9H18O. The van der Waals surface area contributed by atoms with Gasteiger partial charge in [-0.2, -0.15) is 0 Å². The van der Waals surface area contributed by atoms with Gasteiger partial charge in [-0.3, -0.25) is 0 Å². The van der Waals surface area contributed by atoms with Crippen LogP contribution in [0.3, 0.4) is 0 Å². The van der Waals surface area contributed by atoms with Gasteiger partial charge in [-0.05, 0) is 30.6 Å². The fraction of sp³-hybridized carbons (Fsp3) is 1.00. The number of hydrogen-bond acceptors (Lipinski definition) is 1. The zero-order chi connectivity index (χ0) is 7.72. The quantitative estimate of drug-likeness (QED) is 0.594. The predicted molar refractivity (Wildman–Crippen MR) is 42.7 cm³/mol. The SMILES string of the molecule is CC(C)[C@H]1CC[C@H](O)[C@@H]1C. The maximum atomic E-state index is 9.42. The third kappa shape index (κ3) is 1.34. The summed E-state index contributed by atoms with van der Waals surface area (Å²) in [5.74, 6) is 2.03. The van der Waals surface area contributed by atoms with E-state index in [1.165, 1.54) is 6.42 Å². The van der Waals surface area contributed by atoms with E-state index in [2.05, 4.69) is 20.8 Å². The zero-order valence-corrected chi connectivity index (χ0v) is 7.17. The molecule has 1 fully saturated rings. The number of hydrogen-bond donors (Lipinski definition) is 1. The molecular weight excluding hydrogens is 124 g/mol. The molecule has 1 heteroatoms. The Morgan fingerprint density at radius 2 is 1.90 bits per heavy atom. The fourth-order valence-electron chi connectivity index (χ4n) is 2.11. The highest BCUT2D eigenvalue weighted by molar-refractivity contribution is 4.82. The van der Waals surface area contributed by atoms with Gasteiger partial charge < -0.3 is 5.11 Å². The molecule has 1 saturated carbocycles. The molecule has 1 rings (SSSR count). The first kappa shape index (κ1) is 8.06. The Bertz CT molecular complexity index is 109. The van der Waals surface area contributed by atoms with Crippen molar-refractivity contribution in [1.29, 1.82) is 0 Å². The monoisotopic (exact) mass is 142 g/mol. The van der Waals surface area contributed by atoms with Crippen LogP contribution in [0.25, 0.3) is 0 Å². The second-order valence-electron chi connectivity index (χ2n) is 3.91. The molecule has 0 saturated heterocycles. The molecule has 1 N–H and O–H groups in total. The van der Waals surface area contributed by atoms with Gasteiger partial charge in [-0.1, -0.05) is 20.8 Å². The largest absolute Gasteiger partial charge is 0.393 e. The lowest BCUT2D eigenvalue weighted by molar-refractivity contribution is 0.118. The van der Waals surface area contributed by atoms with Crippen LogP contribution in [0.4, 0.5) is 0 Å². The Labute approximate surface area is 63.4 Å². The molecule has 0 aromatic heterocycles. The van der Waals surface area contributed by atoms with Gasteiger partial charge in [0.15, 0.2) is 0 Å². The normalized spacial score (nSPS) is 41.1. The van der Waals surface area contributed by atoms with Crippen LogP contribution in [0, 0.1) is 17.8 Å². The van der Waals surface area contributed by atoms with Crippen molar-refractivity contribution in [1.82, 2.24) is 0 Å². The van der Waals surface area contributed by atoms with Crippen LogP contribution in [0.15, 0.2) is 0 Å². The first-order chi connectivity index (χ1) is 4.63. The first-order valence-corrected chi connectivity index (χ1v) is 4.31. The van der Waals surface area contributed by atoms with E-state index in [-0.39, 0.29) is 6.10 Å². The molecule has 1 aliphatic rings. The molecule has 10 heavy (non-hydrogen) atoms. The van der Waals surface area contributed by atoms with E-state index in [1.807, 2.05) is 0 Å². The summed E-state index contributed by atoms with van der Waals surface area (Å²) in [6.07, 6.45) is 2.22. The summed E-state index contributed by atoms with van der Waals surface area (Å²) in [5, 5.41) is 9.42. The summed E-state index contributed by atoms with van der Waals surface area (Å²) in [6, 6.07) is 0.